The molecule has 0 aromatic heterocycles. The topological polar surface area (TPSA) is 57.6 Å². The Morgan fingerprint density at radius 3 is 2.60 bits per heavy atom. The number of hydrogen-bond donors (Lipinski definition) is 1. The van der Waals surface area contributed by atoms with Crippen LogP contribution in [0.25, 0.3) is 5.76 Å². The van der Waals surface area contributed by atoms with Gasteiger partial charge in [0.25, 0.3) is 10.0 Å². The summed E-state index contributed by atoms with van der Waals surface area (Å²) in [6.07, 6.45) is 0. The van der Waals surface area contributed by atoms with E-state index in [2.05, 4.69) is 0 Å². The molecule has 0 saturated carbocycles. The van der Waals surface area contributed by atoms with E-state index in [1.807, 2.05) is 0 Å². The van der Waals surface area contributed by atoms with E-state index < -0.39 is 10.0 Å². The Hall–Kier alpha value is -0.760. The molecule has 0 radical (unpaired) electrons. The monoisotopic (exact) mass is 337 g/mol. The second-order valence-corrected chi connectivity index (χ2v) is 6.52. The van der Waals surface area contributed by atoms with Crippen LogP contribution in [0.15, 0.2) is 34.9 Å². The number of aliphatic hydroxyl groups excluding tert-OH is 1. The zero-order valence-corrected chi connectivity index (χ0v) is 10.8. The van der Waals surface area contributed by atoms with E-state index in [9.17, 15) is 13.5 Å². The lowest BCUT2D eigenvalue weighted by Crippen LogP contribution is -2.25. The van der Waals surface area contributed by atoms with Crippen molar-refractivity contribution in [1.82, 2.24) is 2.52 Å². The summed E-state index contributed by atoms with van der Waals surface area (Å²) in [6.45, 7) is 1.56. The molecule has 0 atom stereocenters. The van der Waals surface area contributed by atoms with Crippen molar-refractivity contribution in [2.45, 2.75) is 11.8 Å². The molecule has 0 spiro atoms. The van der Waals surface area contributed by atoms with Crippen LogP contribution >= 0.6 is 22.9 Å². The lowest BCUT2D eigenvalue weighted by atomic mass is 10.1. The summed E-state index contributed by atoms with van der Waals surface area (Å²) in [5.41, 5.74) is 0.692. The van der Waals surface area contributed by atoms with Crippen molar-refractivity contribution in [3.63, 3.8) is 0 Å². The van der Waals surface area contributed by atoms with Gasteiger partial charge in [-0.1, -0.05) is 12.1 Å². The molecule has 6 heteroatoms. The van der Waals surface area contributed by atoms with Gasteiger partial charge in [0, 0.05) is 5.56 Å². The summed E-state index contributed by atoms with van der Waals surface area (Å²) < 4.78 is 24.9. The van der Waals surface area contributed by atoms with Gasteiger partial charge in [-0.05, 0) is 19.1 Å². The van der Waals surface area contributed by atoms with Crippen molar-refractivity contribution in [1.29, 1.82) is 0 Å². The molecule has 0 fully saturated rings. The molecule has 0 amide bonds. The highest BCUT2D eigenvalue weighted by Crippen LogP contribution is 2.36. The van der Waals surface area contributed by atoms with Crippen molar-refractivity contribution in [2.24, 2.45) is 0 Å². The molecule has 1 heterocycles. The number of benzene rings is 1. The van der Waals surface area contributed by atoms with Crippen LogP contribution < -0.4 is 0 Å². The average Bonchev–Trinajstić information content (AvgIpc) is 2.24. The Morgan fingerprint density at radius 1 is 1.33 bits per heavy atom. The number of rotatable bonds is 0. The number of sulfonamides is 1. The van der Waals surface area contributed by atoms with Crippen LogP contribution in [0.5, 0.6) is 0 Å². The maximum atomic E-state index is 11.9. The Labute approximate surface area is 102 Å². The average molecular weight is 337 g/mol. The molecular weight excluding hydrogens is 329 g/mol. The molecule has 0 bridgehead atoms. The van der Waals surface area contributed by atoms with E-state index in [-0.39, 0.29) is 10.7 Å². The minimum atomic E-state index is -3.50. The highest BCUT2D eigenvalue weighted by molar-refractivity contribution is 14.1. The van der Waals surface area contributed by atoms with Crippen LogP contribution in [-0.2, 0) is 10.0 Å². The first-order valence-electron chi connectivity index (χ1n) is 4.16. The minimum absolute atomic E-state index is 0.00910. The van der Waals surface area contributed by atoms with Gasteiger partial charge in [-0.3, -0.25) is 0 Å². The van der Waals surface area contributed by atoms with E-state index in [0.29, 0.717) is 11.3 Å². The molecular formula is C9H8INO3S. The summed E-state index contributed by atoms with van der Waals surface area (Å²) >= 11 is 1.67. The summed E-state index contributed by atoms with van der Waals surface area (Å²) in [5, 5.41) is 9.80. The van der Waals surface area contributed by atoms with Crippen LogP contribution in [0.3, 0.4) is 0 Å². The van der Waals surface area contributed by atoms with E-state index in [1.54, 1.807) is 48.0 Å². The molecule has 0 unspecified atom stereocenters. The predicted octanol–water partition coefficient (Wildman–Crippen LogP) is 2.29. The van der Waals surface area contributed by atoms with Crippen molar-refractivity contribution in [2.75, 3.05) is 0 Å². The van der Waals surface area contributed by atoms with Crippen LogP contribution in [-0.4, -0.2) is 16.0 Å². The van der Waals surface area contributed by atoms with E-state index >= 15 is 0 Å². The second-order valence-electron chi connectivity index (χ2n) is 3.15. The van der Waals surface area contributed by atoms with Crippen LogP contribution in [0, 0.1) is 0 Å². The molecule has 2 rings (SSSR count). The van der Waals surface area contributed by atoms with E-state index in [4.69, 9.17) is 0 Å². The number of hydrogen-bond acceptors (Lipinski definition) is 3. The summed E-state index contributed by atoms with van der Waals surface area (Å²) in [6, 6.07) is 6.41. The molecule has 1 aromatic rings. The number of allylic oxidation sites excluding steroid dienone is 1. The SMILES string of the molecule is CC1=C(O)c2ccccc2S(=O)(=O)N1I. The highest BCUT2D eigenvalue weighted by atomic mass is 127. The molecule has 0 saturated heterocycles. The van der Waals surface area contributed by atoms with Gasteiger partial charge in [0.15, 0.2) is 0 Å². The summed E-state index contributed by atoms with van der Waals surface area (Å²) in [5.74, 6) is 0.00910. The van der Waals surface area contributed by atoms with Crippen molar-refractivity contribution in [3.8, 4) is 0 Å². The molecule has 4 nitrogen and oxygen atoms in total. The van der Waals surface area contributed by atoms with Crippen molar-refractivity contribution in [3.05, 3.63) is 35.5 Å². The van der Waals surface area contributed by atoms with Gasteiger partial charge >= 0.3 is 0 Å². The van der Waals surface area contributed by atoms with E-state index in [0.717, 1.165) is 2.52 Å². The van der Waals surface area contributed by atoms with Gasteiger partial charge in [-0.15, -0.1) is 0 Å². The third-order valence-corrected chi connectivity index (χ3v) is 6.12. The first-order valence-corrected chi connectivity index (χ1v) is 6.57. The van der Waals surface area contributed by atoms with Crippen LogP contribution in [0.4, 0.5) is 0 Å². The Bertz CT molecular complexity index is 550. The van der Waals surface area contributed by atoms with Gasteiger partial charge < -0.3 is 5.11 Å². The molecule has 1 aromatic carbocycles. The Balaban J connectivity index is 2.86. The molecule has 80 valence electrons. The first-order chi connectivity index (χ1) is 6.96. The van der Waals surface area contributed by atoms with Gasteiger partial charge in [-0.25, -0.2) is 10.9 Å². The maximum Gasteiger partial charge on any atom is 0.273 e. The number of aliphatic hydroxyl groups is 1. The number of fused-ring (bicyclic) bond motifs is 1. The van der Waals surface area contributed by atoms with Crippen molar-refractivity contribution >= 4 is 38.6 Å². The largest absolute Gasteiger partial charge is 0.505 e. The first kappa shape index (κ1) is 10.7. The number of halogens is 1. The quantitative estimate of drug-likeness (QED) is 0.584. The molecule has 0 aliphatic carbocycles. The second kappa shape index (κ2) is 3.38. The third kappa shape index (κ3) is 1.43. The minimum Gasteiger partial charge on any atom is -0.505 e. The molecule has 1 N–H and O–H groups in total. The van der Waals surface area contributed by atoms with E-state index in [1.165, 1.54) is 6.07 Å². The Kier molecular flexibility index (Phi) is 2.42. The summed E-state index contributed by atoms with van der Waals surface area (Å²) in [4.78, 5) is 0.141. The van der Waals surface area contributed by atoms with Crippen molar-refractivity contribution < 1.29 is 13.5 Å². The standard InChI is InChI=1S/C9H8INO3S/c1-6-9(12)7-4-2-3-5-8(7)15(13,14)11(6)10/h2-5,12H,1H3. The van der Waals surface area contributed by atoms with Gasteiger partial charge in [0.2, 0.25) is 0 Å². The highest BCUT2D eigenvalue weighted by Gasteiger charge is 2.33. The molecule has 1 aliphatic heterocycles. The lowest BCUT2D eigenvalue weighted by Gasteiger charge is -2.25. The fourth-order valence-corrected chi connectivity index (χ4v) is 3.61. The predicted molar refractivity (Wildman–Crippen MR) is 64.7 cm³/mol. The lowest BCUT2D eigenvalue weighted by molar-refractivity contribution is 0.487. The number of nitrogens with zero attached hydrogens (tertiary/aromatic N) is 1. The Morgan fingerprint density at radius 2 is 1.93 bits per heavy atom. The summed E-state index contributed by atoms with van der Waals surface area (Å²) in [7, 11) is -3.50. The van der Waals surface area contributed by atoms with Crippen LogP contribution in [0.2, 0.25) is 0 Å². The van der Waals surface area contributed by atoms with Gasteiger partial charge in [-0.2, -0.15) is 0 Å². The smallest absolute Gasteiger partial charge is 0.273 e. The molecule has 1 aliphatic rings. The normalized spacial score (nSPS) is 18.9. The zero-order valence-electron chi connectivity index (χ0n) is 7.81. The van der Waals surface area contributed by atoms with Gasteiger partial charge in [0.05, 0.1) is 33.5 Å². The van der Waals surface area contributed by atoms with Gasteiger partial charge in [0.1, 0.15) is 5.76 Å². The zero-order chi connectivity index (χ0) is 11.2. The maximum absolute atomic E-state index is 11.9. The third-order valence-electron chi connectivity index (χ3n) is 2.24. The van der Waals surface area contributed by atoms with Crippen LogP contribution in [0.1, 0.15) is 12.5 Å². The fourth-order valence-electron chi connectivity index (χ4n) is 1.43. The fraction of sp³-hybridized carbons (Fsp3) is 0.111. The molecule has 15 heavy (non-hydrogen) atoms.